The summed E-state index contributed by atoms with van der Waals surface area (Å²) in [6.07, 6.45) is 0. The summed E-state index contributed by atoms with van der Waals surface area (Å²) in [7, 11) is 1.60. The summed E-state index contributed by atoms with van der Waals surface area (Å²) in [6, 6.07) is 7.48. The number of likely N-dealkylation sites (N-methyl/N-ethyl adjacent to an activating group) is 1. The highest BCUT2D eigenvalue weighted by Gasteiger charge is 2.21. The van der Waals surface area contributed by atoms with E-state index < -0.39 is 0 Å². The van der Waals surface area contributed by atoms with Crippen molar-refractivity contribution in [2.45, 2.75) is 6.92 Å². The lowest BCUT2D eigenvalue weighted by atomic mass is 10.3. The molecule has 1 aliphatic heterocycles. The Morgan fingerprint density at radius 3 is 2.68 bits per heavy atom. The maximum atomic E-state index is 12.3. The average Bonchev–Trinajstić information content (AvgIpc) is 3.21. The standard InChI is InChI=1S/C19H25N5O3S/c1-3-23-8-10-24(11-9-23)17(25)12-20-18(26)15-13-28-19(22-15)21-14-6-4-5-7-16(14)27-2/h4-7,13H,3,8-12H2,1-2H3,(H,20,26)(H,21,22). The number of rotatable bonds is 7. The van der Waals surface area contributed by atoms with Gasteiger partial charge in [-0.3, -0.25) is 9.59 Å². The number of hydrogen-bond donors (Lipinski definition) is 2. The van der Waals surface area contributed by atoms with Crippen LogP contribution in [0, 0.1) is 0 Å². The molecule has 2 aromatic rings. The van der Waals surface area contributed by atoms with Crippen molar-refractivity contribution >= 4 is 34.0 Å². The summed E-state index contributed by atoms with van der Waals surface area (Å²) in [5.41, 5.74) is 1.05. The van der Waals surface area contributed by atoms with Crippen molar-refractivity contribution in [3.63, 3.8) is 0 Å². The van der Waals surface area contributed by atoms with E-state index in [1.54, 1.807) is 17.4 Å². The monoisotopic (exact) mass is 403 g/mol. The SMILES string of the molecule is CCN1CCN(C(=O)CNC(=O)c2csc(Nc3ccccc3OC)n2)CC1. The zero-order valence-corrected chi connectivity index (χ0v) is 16.9. The van der Waals surface area contributed by atoms with Gasteiger partial charge in [0.2, 0.25) is 5.91 Å². The Labute approximate surface area is 168 Å². The minimum Gasteiger partial charge on any atom is -0.495 e. The van der Waals surface area contributed by atoms with Gasteiger partial charge in [-0.2, -0.15) is 0 Å². The minimum atomic E-state index is -0.357. The van der Waals surface area contributed by atoms with Crippen LogP contribution in [0.15, 0.2) is 29.6 Å². The van der Waals surface area contributed by atoms with Gasteiger partial charge in [0.1, 0.15) is 11.4 Å². The van der Waals surface area contributed by atoms with E-state index in [4.69, 9.17) is 4.74 Å². The molecule has 2 amide bonds. The number of piperazine rings is 1. The van der Waals surface area contributed by atoms with Crippen molar-refractivity contribution in [2.75, 3.05) is 51.7 Å². The highest BCUT2D eigenvalue weighted by atomic mass is 32.1. The summed E-state index contributed by atoms with van der Waals surface area (Å²) in [4.78, 5) is 33.0. The minimum absolute atomic E-state index is 0.0161. The number of nitrogens with zero attached hydrogens (tertiary/aromatic N) is 3. The first-order valence-corrected chi connectivity index (χ1v) is 10.1. The first-order chi connectivity index (χ1) is 13.6. The number of para-hydroxylation sites is 2. The molecule has 1 aromatic carbocycles. The molecule has 9 heteroatoms. The fourth-order valence-electron chi connectivity index (χ4n) is 2.97. The van der Waals surface area contributed by atoms with E-state index in [1.807, 2.05) is 24.3 Å². The first-order valence-electron chi connectivity index (χ1n) is 9.24. The largest absolute Gasteiger partial charge is 0.495 e. The first kappa shape index (κ1) is 20.1. The normalized spacial score (nSPS) is 14.6. The van der Waals surface area contributed by atoms with Crippen LogP contribution in [0.25, 0.3) is 0 Å². The molecular formula is C19H25N5O3S. The molecular weight excluding hydrogens is 378 g/mol. The quantitative estimate of drug-likeness (QED) is 0.733. The molecule has 0 radical (unpaired) electrons. The lowest BCUT2D eigenvalue weighted by molar-refractivity contribution is -0.131. The number of carbonyl (C=O) groups excluding carboxylic acids is 2. The van der Waals surface area contributed by atoms with E-state index in [0.717, 1.165) is 25.3 Å². The van der Waals surface area contributed by atoms with E-state index >= 15 is 0 Å². The van der Waals surface area contributed by atoms with Crippen LogP contribution in [-0.4, -0.2) is 73.0 Å². The number of ether oxygens (including phenoxy) is 1. The Kier molecular flexibility index (Phi) is 6.83. The molecule has 1 fully saturated rings. The van der Waals surface area contributed by atoms with Gasteiger partial charge in [-0.25, -0.2) is 4.98 Å². The van der Waals surface area contributed by atoms with E-state index in [9.17, 15) is 9.59 Å². The third-order valence-corrected chi connectivity index (χ3v) is 5.42. The Morgan fingerprint density at radius 2 is 1.96 bits per heavy atom. The van der Waals surface area contributed by atoms with Crippen molar-refractivity contribution in [2.24, 2.45) is 0 Å². The summed E-state index contributed by atoms with van der Waals surface area (Å²) in [6.45, 7) is 6.24. The molecule has 0 unspecified atom stereocenters. The van der Waals surface area contributed by atoms with Gasteiger partial charge in [-0.15, -0.1) is 11.3 Å². The van der Waals surface area contributed by atoms with Crippen LogP contribution in [-0.2, 0) is 4.79 Å². The molecule has 0 bridgehead atoms. The number of carbonyl (C=O) groups is 2. The van der Waals surface area contributed by atoms with Gasteiger partial charge in [0.05, 0.1) is 19.3 Å². The van der Waals surface area contributed by atoms with Crippen LogP contribution in [0.4, 0.5) is 10.8 Å². The number of nitrogens with one attached hydrogen (secondary N) is 2. The van der Waals surface area contributed by atoms with E-state index in [0.29, 0.717) is 24.0 Å². The molecule has 1 aromatic heterocycles. The van der Waals surface area contributed by atoms with Crippen molar-refractivity contribution in [3.05, 3.63) is 35.3 Å². The van der Waals surface area contributed by atoms with Crippen LogP contribution in [0.2, 0.25) is 0 Å². The predicted molar refractivity (Wildman–Crippen MR) is 109 cm³/mol. The topological polar surface area (TPSA) is 86.8 Å². The molecule has 0 saturated carbocycles. The number of methoxy groups -OCH3 is 1. The van der Waals surface area contributed by atoms with Gasteiger partial charge in [0, 0.05) is 31.6 Å². The molecule has 2 N–H and O–H groups in total. The van der Waals surface area contributed by atoms with Gasteiger partial charge in [-0.1, -0.05) is 19.1 Å². The fraction of sp³-hybridized carbons (Fsp3) is 0.421. The van der Waals surface area contributed by atoms with Crippen molar-refractivity contribution in [1.82, 2.24) is 20.1 Å². The second-order valence-electron chi connectivity index (χ2n) is 6.36. The van der Waals surface area contributed by atoms with Gasteiger partial charge in [0.15, 0.2) is 5.13 Å². The molecule has 0 spiro atoms. The average molecular weight is 404 g/mol. The number of amides is 2. The second kappa shape index (κ2) is 9.52. The molecule has 28 heavy (non-hydrogen) atoms. The molecule has 0 aliphatic carbocycles. The molecule has 1 aliphatic rings. The van der Waals surface area contributed by atoms with Gasteiger partial charge < -0.3 is 25.2 Å². The third-order valence-electron chi connectivity index (χ3n) is 4.66. The van der Waals surface area contributed by atoms with E-state index in [-0.39, 0.29) is 24.1 Å². The lowest BCUT2D eigenvalue weighted by Crippen LogP contribution is -2.51. The van der Waals surface area contributed by atoms with Crippen molar-refractivity contribution in [1.29, 1.82) is 0 Å². The van der Waals surface area contributed by atoms with Gasteiger partial charge in [-0.05, 0) is 18.7 Å². The summed E-state index contributed by atoms with van der Waals surface area (Å²) >= 11 is 1.32. The Morgan fingerprint density at radius 1 is 1.21 bits per heavy atom. The predicted octanol–water partition coefficient (Wildman–Crippen LogP) is 1.79. The maximum Gasteiger partial charge on any atom is 0.271 e. The van der Waals surface area contributed by atoms with Crippen LogP contribution >= 0.6 is 11.3 Å². The van der Waals surface area contributed by atoms with E-state index in [1.165, 1.54) is 11.3 Å². The van der Waals surface area contributed by atoms with Crippen LogP contribution in [0.3, 0.4) is 0 Å². The number of benzene rings is 1. The molecule has 1 saturated heterocycles. The number of aromatic nitrogens is 1. The van der Waals surface area contributed by atoms with Crippen LogP contribution < -0.4 is 15.4 Å². The molecule has 8 nitrogen and oxygen atoms in total. The zero-order valence-electron chi connectivity index (χ0n) is 16.1. The smallest absolute Gasteiger partial charge is 0.271 e. The summed E-state index contributed by atoms with van der Waals surface area (Å²) < 4.78 is 5.30. The Balaban J connectivity index is 1.51. The van der Waals surface area contributed by atoms with Gasteiger partial charge >= 0.3 is 0 Å². The second-order valence-corrected chi connectivity index (χ2v) is 7.22. The number of hydrogen-bond acceptors (Lipinski definition) is 7. The van der Waals surface area contributed by atoms with Crippen LogP contribution in [0.1, 0.15) is 17.4 Å². The highest BCUT2D eigenvalue weighted by Crippen LogP contribution is 2.28. The Hall–Kier alpha value is -2.65. The maximum absolute atomic E-state index is 12.3. The Bertz CT molecular complexity index is 817. The lowest BCUT2D eigenvalue weighted by Gasteiger charge is -2.34. The van der Waals surface area contributed by atoms with Gasteiger partial charge in [0.25, 0.3) is 5.91 Å². The molecule has 150 valence electrons. The van der Waals surface area contributed by atoms with Crippen LogP contribution in [0.5, 0.6) is 5.75 Å². The fourth-order valence-corrected chi connectivity index (χ4v) is 3.67. The van der Waals surface area contributed by atoms with E-state index in [2.05, 4.69) is 27.4 Å². The zero-order chi connectivity index (χ0) is 19.9. The molecule has 0 atom stereocenters. The van der Waals surface area contributed by atoms with Crippen molar-refractivity contribution < 1.29 is 14.3 Å². The van der Waals surface area contributed by atoms with Crippen molar-refractivity contribution in [3.8, 4) is 5.75 Å². The summed E-state index contributed by atoms with van der Waals surface area (Å²) in [5.74, 6) is 0.272. The summed E-state index contributed by atoms with van der Waals surface area (Å²) in [5, 5.41) is 8.06. The molecule has 3 rings (SSSR count). The number of thiazole rings is 1. The highest BCUT2D eigenvalue weighted by molar-refractivity contribution is 7.14. The molecule has 2 heterocycles. The number of anilines is 2. The third kappa shape index (κ3) is 4.99.